The van der Waals surface area contributed by atoms with Gasteiger partial charge in [0.2, 0.25) is 0 Å². The van der Waals surface area contributed by atoms with Crippen molar-refractivity contribution in [2.24, 2.45) is 11.3 Å². The van der Waals surface area contributed by atoms with Crippen LogP contribution in [0.25, 0.3) is 0 Å². The highest BCUT2D eigenvalue weighted by Gasteiger charge is 2.42. The van der Waals surface area contributed by atoms with Crippen molar-refractivity contribution in [2.75, 3.05) is 0 Å². The minimum Gasteiger partial charge on any atom is -0.481 e. The van der Waals surface area contributed by atoms with Gasteiger partial charge in [-0.25, -0.2) is 0 Å². The number of carbonyl (C=O) groups is 1. The maximum atomic E-state index is 11.5. The second kappa shape index (κ2) is 4.54. The lowest BCUT2D eigenvalue weighted by molar-refractivity contribution is -0.151. The van der Waals surface area contributed by atoms with E-state index in [1.54, 1.807) is 0 Å². The second-order valence-electron chi connectivity index (χ2n) is 5.50. The van der Waals surface area contributed by atoms with Gasteiger partial charge in [-0.05, 0) is 25.2 Å². The molecule has 0 aliphatic heterocycles. The molecule has 2 nitrogen and oxygen atoms in total. The van der Waals surface area contributed by atoms with Crippen LogP contribution < -0.4 is 0 Å². The Labute approximate surface area is 92.1 Å². The van der Waals surface area contributed by atoms with E-state index in [1.165, 1.54) is 32.1 Å². The fourth-order valence-corrected chi connectivity index (χ4v) is 2.96. The van der Waals surface area contributed by atoms with Gasteiger partial charge in [0, 0.05) is 0 Å². The lowest BCUT2D eigenvalue weighted by Gasteiger charge is -2.31. The van der Waals surface area contributed by atoms with Crippen molar-refractivity contribution in [2.45, 2.75) is 64.2 Å². The molecule has 2 saturated carbocycles. The normalized spacial score (nSPS) is 26.7. The molecule has 0 radical (unpaired) electrons. The highest BCUT2D eigenvalue weighted by Crippen LogP contribution is 2.46. The van der Waals surface area contributed by atoms with Gasteiger partial charge < -0.3 is 5.11 Å². The molecule has 86 valence electrons. The Kier molecular flexibility index (Phi) is 3.32. The molecule has 0 unspecified atom stereocenters. The number of hydrogen-bond acceptors (Lipinski definition) is 1. The topological polar surface area (TPSA) is 37.3 Å². The molecule has 2 aliphatic rings. The summed E-state index contributed by atoms with van der Waals surface area (Å²) in [6, 6.07) is 0. The van der Waals surface area contributed by atoms with Crippen LogP contribution in [0.1, 0.15) is 64.2 Å². The van der Waals surface area contributed by atoms with E-state index in [0.29, 0.717) is 0 Å². The molecule has 2 aliphatic carbocycles. The van der Waals surface area contributed by atoms with Crippen molar-refractivity contribution in [3.05, 3.63) is 0 Å². The van der Waals surface area contributed by atoms with Crippen molar-refractivity contribution < 1.29 is 9.90 Å². The van der Waals surface area contributed by atoms with Crippen molar-refractivity contribution in [3.63, 3.8) is 0 Å². The first-order valence-electron chi connectivity index (χ1n) is 6.46. The van der Waals surface area contributed by atoms with Crippen LogP contribution in [0.3, 0.4) is 0 Å². The van der Waals surface area contributed by atoms with Crippen LogP contribution in [-0.4, -0.2) is 11.1 Å². The summed E-state index contributed by atoms with van der Waals surface area (Å²) < 4.78 is 0. The summed E-state index contributed by atoms with van der Waals surface area (Å²) in [6.07, 6.45) is 11.4. The van der Waals surface area contributed by atoms with Crippen molar-refractivity contribution in [1.29, 1.82) is 0 Å². The smallest absolute Gasteiger partial charge is 0.309 e. The summed E-state index contributed by atoms with van der Waals surface area (Å²) in [5, 5.41) is 9.48. The maximum Gasteiger partial charge on any atom is 0.309 e. The fourth-order valence-electron chi connectivity index (χ4n) is 2.96. The van der Waals surface area contributed by atoms with E-state index in [9.17, 15) is 9.90 Å². The quantitative estimate of drug-likeness (QED) is 0.772. The van der Waals surface area contributed by atoms with Gasteiger partial charge in [-0.15, -0.1) is 0 Å². The van der Waals surface area contributed by atoms with Crippen molar-refractivity contribution in [1.82, 2.24) is 0 Å². The summed E-state index contributed by atoms with van der Waals surface area (Å²) in [5.74, 6) is 0.219. The Morgan fingerprint density at radius 2 is 1.60 bits per heavy atom. The molecule has 0 heterocycles. The predicted octanol–water partition coefficient (Wildman–Crippen LogP) is 3.60. The molecule has 0 bridgehead atoms. The molecule has 1 N–H and O–H groups in total. The molecule has 0 spiro atoms. The Morgan fingerprint density at radius 3 is 2.07 bits per heavy atom. The summed E-state index contributed by atoms with van der Waals surface area (Å²) >= 11 is 0. The average Bonchev–Trinajstić information content (AvgIpc) is 2.93. The van der Waals surface area contributed by atoms with Crippen LogP contribution in [-0.2, 0) is 4.79 Å². The largest absolute Gasteiger partial charge is 0.481 e. The van der Waals surface area contributed by atoms with E-state index in [4.69, 9.17) is 0 Å². The molecule has 2 fully saturated rings. The summed E-state index contributed by atoms with van der Waals surface area (Å²) in [6.45, 7) is 0. The summed E-state index contributed by atoms with van der Waals surface area (Å²) in [4.78, 5) is 11.5. The van der Waals surface area contributed by atoms with E-state index in [-0.39, 0.29) is 5.41 Å². The van der Waals surface area contributed by atoms with Crippen LogP contribution in [0.4, 0.5) is 0 Å². The molecule has 0 aromatic rings. The van der Waals surface area contributed by atoms with Gasteiger partial charge in [0.05, 0.1) is 5.41 Å². The third-order valence-corrected chi connectivity index (χ3v) is 4.14. The van der Waals surface area contributed by atoms with Crippen LogP contribution in [0, 0.1) is 11.3 Å². The highest BCUT2D eigenvalue weighted by molar-refractivity contribution is 5.74. The van der Waals surface area contributed by atoms with Gasteiger partial charge in [-0.1, -0.05) is 44.9 Å². The van der Waals surface area contributed by atoms with Crippen LogP contribution in [0.5, 0.6) is 0 Å². The first-order chi connectivity index (χ1) is 7.23. The van der Waals surface area contributed by atoms with Crippen LogP contribution in [0.2, 0.25) is 0 Å². The van der Waals surface area contributed by atoms with Crippen molar-refractivity contribution in [3.8, 4) is 0 Å². The van der Waals surface area contributed by atoms with Crippen LogP contribution in [0.15, 0.2) is 0 Å². The number of carboxylic acids is 1. The van der Waals surface area contributed by atoms with E-state index in [2.05, 4.69) is 0 Å². The average molecular weight is 210 g/mol. The fraction of sp³-hybridized carbons (Fsp3) is 0.923. The zero-order chi connectivity index (χ0) is 10.7. The SMILES string of the molecule is O=C(O)C1(CC2CC2)CCCCCCC1. The Balaban J connectivity index is 2.02. The first kappa shape index (κ1) is 11.0. The van der Waals surface area contributed by atoms with Gasteiger partial charge in [-0.2, -0.15) is 0 Å². The molecule has 0 atom stereocenters. The molecule has 0 amide bonds. The lowest BCUT2D eigenvalue weighted by atomic mass is 9.72. The molecule has 2 heteroatoms. The number of carboxylic acid groups (broad SMARTS) is 1. The molecule has 15 heavy (non-hydrogen) atoms. The van der Waals surface area contributed by atoms with Gasteiger partial charge in [0.15, 0.2) is 0 Å². The maximum absolute atomic E-state index is 11.5. The zero-order valence-corrected chi connectivity index (χ0v) is 9.50. The van der Waals surface area contributed by atoms with E-state index in [1.807, 2.05) is 0 Å². The molecular formula is C13H22O2. The third-order valence-electron chi connectivity index (χ3n) is 4.14. The van der Waals surface area contributed by atoms with Gasteiger partial charge >= 0.3 is 5.97 Å². The molecule has 0 aromatic heterocycles. The summed E-state index contributed by atoms with van der Waals surface area (Å²) in [7, 11) is 0. The lowest BCUT2D eigenvalue weighted by Crippen LogP contribution is -2.32. The van der Waals surface area contributed by atoms with Gasteiger partial charge in [-0.3, -0.25) is 4.79 Å². The number of rotatable bonds is 3. The minimum atomic E-state index is -0.517. The Hall–Kier alpha value is -0.530. The standard InChI is InChI=1S/C13H22O2/c14-12(15)13(10-11-6-7-11)8-4-2-1-3-5-9-13/h11H,1-10H2,(H,14,15). The third kappa shape index (κ3) is 2.73. The van der Waals surface area contributed by atoms with E-state index < -0.39 is 5.97 Å². The molecule has 0 saturated heterocycles. The number of hydrogen-bond donors (Lipinski definition) is 1. The molecule has 2 rings (SSSR count). The predicted molar refractivity (Wildman–Crippen MR) is 59.7 cm³/mol. The van der Waals surface area contributed by atoms with Gasteiger partial charge in [0.25, 0.3) is 0 Å². The van der Waals surface area contributed by atoms with Crippen molar-refractivity contribution >= 4 is 5.97 Å². The first-order valence-corrected chi connectivity index (χ1v) is 6.46. The van der Waals surface area contributed by atoms with Gasteiger partial charge in [0.1, 0.15) is 0 Å². The highest BCUT2D eigenvalue weighted by atomic mass is 16.4. The zero-order valence-electron chi connectivity index (χ0n) is 9.50. The monoisotopic (exact) mass is 210 g/mol. The van der Waals surface area contributed by atoms with E-state index in [0.717, 1.165) is 38.0 Å². The molecule has 0 aromatic carbocycles. The van der Waals surface area contributed by atoms with E-state index >= 15 is 0 Å². The summed E-state index contributed by atoms with van der Waals surface area (Å²) in [5.41, 5.74) is -0.346. The Morgan fingerprint density at radius 1 is 1.07 bits per heavy atom. The minimum absolute atomic E-state index is 0.346. The second-order valence-corrected chi connectivity index (χ2v) is 5.50. The number of aliphatic carboxylic acids is 1. The molecular weight excluding hydrogens is 188 g/mol. The Bertz CT molecular complexity index is 223. The van der Waals surface area contributed by atoms with Crippen LogP contribution >= 0.6 is 0 Å².